The Kier molecular flexibility index (Phi) is 7.72. The average Bonchev–Trinajstić information content (AvgIpc) is 2.78. The number of nitrogens with zero attached hydrogens (tertiary/aromatic N) is 4. The number of fused-ring (bicyclic) bond motifs is 1. The molecule has 0 aliphatic heterocycles. The molecule has 4 aromatic rings. The number of aryl methyl sites for hydroxylation is 1. The van der Waals surface area contributed by atoms with Crippen LogP contribution in [0.2, 0.25) is 0 Å². The largest absolute Gasteiger partial charge is 1.00 e. The molecule has 0 fully saturated rings. The predicted octanol–water partition coefficient (Wildman–Crippen LogP) is 3.30. The van der Waals surface area contributed by atoms with Crippen LogP contribution in [0.25, 0.3) is 10.8 Å². The molecule has 0 amide bonds. The van der Waals surface area contributed by atoms with Gasteiger partial charge in [0.2, 0.25) is 0 Å². The topological polar surface area (TPSA) is 127 Å². The van der Waals surface area contributed by atoms with Crippen molar-refractivity contribution < 1.29 is 47.6 Å². The molecule has 0 saturated heterocycles. The summed E-state index contributed by atoms with van der Waals surface area (Å²) in [5, 5.41) is 30.6. The Bertz CT molecular complexity index is 1470. The maximum absolute atomic E-state index is 12.3. The van der Waals surface area contributed by atoms with Gasteiger partial charge in [-0.2, -0.15) is 28.9 Å². The van der Waals surface area contributed by atoms with Gasteiger partial charge in [-0.25, -0.2) is 0 Å². The summed E-state index contributed by atoms with van der Waals surface area (Å²) in [4.78, 5) is -0.213. The smallest absolute Gasteiger partial charge is 0.871 e. The number of hydrogen-bond acceptors (Lipinski definition) is 7. The molecule has 0 unspecified atom stereocenters. The van der Waals surface area contributed by atoms with Crippen LogP contribution in [-0.2, 0) is 10.1 Å². The second-order valence-corrected chi connectivity index (χ2v) is 8.39. The molecule has 0 heterocycles. The first-order chi connectivity index (χ1) is 15.3. The molecule has 1 N–H and O–H groups in total. The molecule has 0 aliphatic rings. The Balaban J connectivity index is 0.00000306. The summed E-state index contributed by atoms with van der Waals surface area (Å²) >= 11 is 0. The molecule has 0 aliphatic carbocycles. The number of hydrogen-bond donors (Lipinski definition) is 1. The molecule has 0 saturated carbocycles. The Hall–Kier alpha value is -2.95. The van der Waals surface area contributed by atoms with E-state index in [0.29, 0.717) is 22.7 Å². The third-order valence-corrected chi connectivity index (χ3v) is 5.59. The summed E-state index contributed by atoms with van der Waals surface area (Å²) in [5.41, 5.74) is 2.67. The van der Waals surface area contributed by atoms with Crippen molar-refractivity contribution in [2.75, 3.05) is 0 Å². The van der Waals surface area contributed by atoms with Crippen molar-refractivity contribution in [1.82, 2.24) is 0 Å². The molecule has 0 atom stereocenters. The van der Waals surface area contributed by atoms with Gasteiger partial charge in [0.1, 0.15) is 0 Å². The van der Waals surface area contributed by atoms with Gasteiger partial charge in [0, 0.05) is 5.39 Å². The molecule has 0 bridgehead atoms. The molecule has 4 aromatic carbocycles. The SMILES string of the molecule is Cc1cc(N=Nc2ccc(S(=O)(=O)O)cc2)ccc1N=Nc1c([O-])ccc2ccccc12.[Na+]. The van der Waals surface area contributed by atoms with Crippen molar-refractivity contribution in [2.24, 2.45) is 20.5 Å². The quantitative estimate of drug-likeness (QED) is 0.274. The van der Waals surface area contributed by atoms with Crippen molar-refractivity contribution in [2.45, 2.75) is 11.8 Å². The minimum Gasteiger partial charge on any atom is -0.871 e. The molecule has 0 aromatic heterocycles. The van der Waals surface area contributed by atoms with Crippen molar-refractivity contribution in [3.05, 3.63) is 84.4 Å². The molecule has 160 valence electrons. The zero-order valence-corrected chi connectivity index (χ0v) is 20.7. The maximum atomic E-state index is 12.3. The van der Waals surface area contributed by atoms with E-state index in [9.17, 15) is 13.5 Å². The van der Waals surface area contributed by atoms with E-state index < -0.39 is 10.1 Å². The molecular weight excluding hydrogens is 451 g/mol. The first kappa shape index (κ1) is 24.7. The van der Waals surface area contributed by atoms with Crippen LogP contribution in [-0.4, -0.2) is 13.0 Å². The first-order valence-electron chi connectivity index (χ1n) is 9.52. The van der Waals surface area contributed by atoms with E-state index >= 15 is 0 Å². The van der Waals surface area contributed by atoms with E-state index in [0.717, 1.165) is 16.3 Å². The average molecular weight is 468 g/mol. The summed E-state index contributed by atoms with van der Waals surface area (Å²) < 4.78 is 31.2. The van der Waals surface area contributed by atoms with Gasteiger partial charge in [-0.3, -0.25) is 4.55 Å². The number of azo groups is 2. The molecule has 8 nitrogen and oxygen atoms in total. The maximum Gasteiger partial charge on any atom is 1.00 e. The molecule has 0 spiro atoms. The van der Waals surface area contributed by atoms with Crippen LogP contribution in [0.15, 0.2) is 104 Å². The summed E-state index contributed by atoms with van der Waals surface area (Å²) in [6.07, 6.45) is 0. The van der Waals surface area contributed by atoms with Gasteiger partial charge in [0.15, 0.2) is 0 Å². The van der Waals surface area contributed by atoms with Gasteiger partial charge >= 0.3 is 29.6 Å². The predicted molar refractivity (Wildman–Crippen MR) is 119 cm³/mol. The van der Waals surface area contributed by atoms with Crippen LogP contribution in [0, 0.1) is 6.92 Å². The number of rotatable bonds is 5. The van der Waals surface area contributed by atoms with Crippen LogP contribution < -0.4 is 34.7 Å². The molecule has 0 radical (unpaired) electrons. The normalized spacial score (nSPS) is 11.8. The molecule has 4 rings (SSSR count). The summed E-state index contributed by atoms with van der Waals surface area (Å²) in [6, 6.07) is 21.3. The van der Waals surface area contributed by atoms with E-state index in [-0.39, 0.29) is 40.2 Å². The molecular formula is C23H17N4NaO4S. The fourth-order valence-electron chi connectivity index (χ4n) is 3.06. The molecule has 33 heavy (non-hydrogen) atoms. The van der Waals surface area contributed by atoms with Crippen molar-refractivity contribution >= 4 is 43.6 Å². The summed E-state index contributed by atoms with van der Waals surface area (Å²) in [5.74, 6) is -0.199. The fourth-order valence-corrected chi connectivity index (χ4v) is 3.54. The van der Waals surface area contributed by atoms with E-state index in [1.807, 2.05) is 31.2 Å². The summed E-state index contributed by atoms with van der Waals surface area (Å²) in [6.45, 7) is 1.84. The van der Waals surface area contributed by atoms with Gasteiger partial charge in [0.05, 0.1) is 27.6 Å². The van der Waals surface area contributed by atoms with Gasteiger partial charge in [-0.15, -0.1) is 0 Å². The third kappa shape index (κ3) is 5.89. The second kappa shape index (κ2) is 10.3. The Morgan fingerprint density at radius 1 is 0.788 bits per heavy atom. The van der Waals surface area contributed by atoms with Crippen molar-refractivity contribution in [3.63, 3.8) is 0 Å². The first-order valence-corrected chi connectivity index (χ1v) is 11.0. The van der Waals surface area contributed by atoms with Crippen LogP contribution in [0.5, 0.6) is 5.75 Å². The van der Waals surface area contributed by atoms with Gasteiger partial charge < -0.3 is 5.11 Å². The van der Waals surface area contributed by atoms with Crippen LogP contribution in [0.3, 0.4) is 0 Å². The van der Waals surface area contributed by atoms with Crippen LogP contribution in [0.1, 0.15) is 5.56 Å². The van der Waals surface area contributed by atoms with E-state index in [2.05, 4.69) is 20.5 Å². The van der Waals surface area contributed by atoms with Crippen LogP contribution >= 0.6 is 0 Å². The zero-order valence-electron chi connectivity index (χ0n) is 17.9. The zero-order chi connectivity index (χ0) is 22.7. The second-order valence-electron chi connectivity index (χ2n) is 6.97. The number of benzene rings is 4. The third-order valence-electron chi connectivity index (χ3n) is 4.72. The molecule has 10 heteroatoms. The Morgan fingerprint density at radius 3 is 2.15 bits per heavy atom. The Morgan fingerprint density at radius 2 is 1.45 bits per heavy atom. The van der Waals surface area contributed by atoms with Crippen molar-refractivity contribution in [3.8, 4) is 5.75 Å². The minimum absolute atomic E-state index is 0. The van der Waals surface area contributed by atoms with Crippen LogP contribution in [0.4, 0.5) is 22.7 Å². The van der Waals surface area contributed by atoms with Gasteiger partial charge in [0.25, 0.3) is 10.1 Å². The van der Waals surface area contributed by atoms with E-state index in [1.54, 1.807) is 24.3 Å². The van der Waals surface area contributed by atoms with E-state index in [4.69, 9.17) is 4.55 Å². The standard InChI is InChI=1S/C23H18N4O4S.Na/c1-15-14-18(25-24-17-7-10-19(11-8-17)32(29,30)31)9-12-21(15)26-27-23-20-5-3-2-4-16(20)6-13-22(23)28;/h2-14,28H,1H3,(H,29,30,31);/q;+1/p-1. The monoisotopic (exact) mass is 468 g/mol. The van der Waals surface area contributed by atoms with E-state index in [1.165, 1.54) is 30.3 Å². The Labute approximate surface area is 212 Å². The van der Waals surface area contributed by atoms with Gasteiger partial charge in [-0.05, 0) is 60.3 Å². The minimum atomic E-state index is -4.25. The van der Waals surface area contributed by atoms with Crippen molar-refractivity contribution in [1.29, 1.82) is 0 Å². The van der Waals surface area contributed by atoms with Gasteiger partial charge in [-0.1, -0.05) is 42.1 Å². The summed E-state index contributed by atoms with van der Waals surface area (Å²) in [7, 11) is -4.25. The fraction of sp³-hybridized carbons (Fsp3) is 0.0435.